The fraction of sp³-hybridized carbons (Fsp3) is 0.222. The first-order chi connectivity index (χ1) is 12.3. The van der Waals surface area contributed by atoms with Gasteiger partial charge in [-0.25, -0.2) is 17.8 Å². The molecule has 1 N–H and O–H groups in total. The molecule has 0 saturated heterocycles. The molecule has 0 unspecified atom stereocenters. The van der Waals surface area contributed by atoms with Crippen LogP contribution in [0.1, 0.15) is 30.9 Å². The number of hydrogen-bond acceptors (Lipinski definition) is 4. The quantitative estimate of drug-likeness (QED) is 0.692. The van der Waals surface area contributed by atoms with Gasteiger partial charge in [0.25, 0.3) is 16.0 Å². The average Bonchev–Trinajstić information content (AvgIpc) is 3.01. The van der Waals surface area contributed by atoms with E-state index in [4.69, 9.17) is 11.6 Å². The Balaban J connectivity index is 1.73. The van der Waals surface area contributed by atoms with E-state index in [1.807, 2.05) is 30.3 Å². The minimum Gasteiger partial charge on any atom is -0.246 e. The van der Waals surface area contributed by atoms with Gasteiger partial charge in [-0.3, -0.25) is 0 Å². The third kappa shape index (κ3) is 4.42. The highest BCUT2D eigenvalue weighted by Crippen LogP contribution is 2.19. The van der Waals surface area contributed by atoms with Crippen LogP contribution >= 0.6 is 11.6 Å². The van der Waals surface area contributed by atoms with Crippen molar-refractivity contribution in [3.05, 3.63) is 71.0 Å². The second-order valence-electron chi connectivity index (χ2n) is 6.22. The second-order valence-corrected chi connectivity index (χ2v) is 8.34. The van der Waals surface area contributed by atoms with Gasteiger partial charge in [0.05, 0.1) is 11.4 Å². The first-order valence-corrected chi connectivity index (χ1v) is 9.96. The number of halogens is 1. The van der Waals surface area contributed by atoms with Crippen LogP contribution in [-0.4, -0.2) is 23.2 Å². The molecule has 0 aliphatic heterocycles. The minimum atomic E-state index is -3.73. The highest BCUT2D eigenvalue weighted by molar-refractivity contribution is 7.92. The Bertz CT molecular complexity index is 998. The van der Waals surface area contributed by atoms with Crippen molar-refractivity contribution in [2.45, 2.75) is 31.2 Å². The summed E-state index contributed by atoms with van der Waals surface area (Å²) in [5.74, 6) is 0.364. The van der Waals surface area contributed by atoms with E-state index >= 15 is 0 Å². The van der Waals surface area contributed by atoms with Gasteiger partial charge in [-0.05, 0) is 41.3 Å². The molecular formula is C18H19ClN4O2S. The summed E-state index contributed by atoms with van der Waals surface area (Å²) in [6.45, 7) is 4.55. The average molecular weight is 391 g/mol. The van der Waals surface area contributed by atoms with Crippen LogP contribution in [0.3, 0.4) is 0 Å². The standard InChI is InChI=1S/C18H19ClN4O2S/c1-13(2)15-6-8-17(9-7-15)26(24,25)22-18-20-12-23(21-18)11-14-4-3-5-16(19)10-14/h3-10,12-13H,11H2,1-2H3,(H,21,22). The zero-order chi connectivity index (χ0) is 18.7. The largest absolute Gasteiger partial charge is 0.264 e. The first-order valence-electron chi connectivity index (χ1n) is 8.10. The Morgan fingerprint density at radius 3 is 2.54 bits per heavy atom. The summed E-state index contributed by atoms with van der Waals surface area (Å²) in [5.41, 5.74) is 2.02. The lowest BCUT2D eigenvalue weighted by Crippen LogP contribution is -2.14. The molecule has 0 radical (unpaired) electrons. The SMILES string of the molecule is CC(C)c1ccc(S(=O)(=O)Nc2ncn(Cc3cccc(Cl)c3)n2)cc1. The topological polar surface area (TPSA) is 76.9 Å². The number of hydrogen-bond donors (Lipinski definition) is 1. The van der Waals surface area contributed by atoms with E-state index in [0.29, 0.717) is 17.5 Å². The lowest BCUT2D eigenvalue weighted by Gasteiger charge is -2.08. The molecule has 2 aromatic carbocycles. The van der Waals surface area contributed by atoms with Gasteiger partial charge in [0.2, 0.25) is 0 Å². The van der Waals surface area contributed by atoms with Gasteiger partial charge in [0.15, 0.2) is 0 Å². The van der Waals surface area contributed by atoms with Crippen LogP contribution < -0.4 is 4.72 Å². The summed E-state index contributed by atoms with van der Waals surface area (Å²) < 4.78 is 28.9. The number of nitrogens with one attached hydrogen (secondary N) is 1. The normalized spacial score (nSPS) is 11.7. The number of aromatic nitrogens is 3. The molecule has 0 atom stereocenters. The number of benzene rings is 2. The Morgan fingerprint density at radius 1 is 1.15 bits per heavy atom. The molecule has 1 aromatic heterocycles. The molecule has 0 bridgehead atoms. The number of sulfonamides is 1. The Kier molecular flexibility index (Phi) is 5.29. The lowest BCUT2D eigenvalue weighted by molar-refractivity contribution is 0.600. The highest BCUT2D eigenvalue weighted by atomic mass is 35.5. The summed E-state index contributed by atoms with van der Waals surface area (Å²) in [4.78, 5) is 4.19. The predicted octanol–water partition coefficient (Wildman–Crippen LogP) is 3.90. The van der Waals surface area contributed by atoms with Crippen molar-refractivity contribution in [2.24, 2.45) is 0 Å². The van der Waals surface area contributed by atoms with Crippen LogP contribution in [0.2, 0.25) is 5.02 Å². The van der Waals surface area contributed by atoms with Crippen LogP contribution in [-0.2, 0) is 16.6 Å². The van der Waals surface area contributed by atoms with E-state index in [1.54, 1.807) is 22.9 Å². The third-order valence-electron chi connectivity index (χ3n) is 3.85. The lowest BCUT2D eigenvalue weighted by atomic mass is 10.0. The molecule has 0 aliphatic carbocycles. The van der Waals surface area contributed by atoms with Gasteiger partial charge in [-0.15, -0.1) is 5.10 Å². The molecule has 3 aromatic rings. The van der Waals surface area contributed by atoms with Crippen molar-refractivity contribution in [2.75, 3.05) is 4.72 Å². The molecule has 136 valence electrons. The molecule has 6 nitrogen and oxygen atoms in total. The summed E-state index contributed by atoms with van der Waals surface area (Å²) >= 11 is 5.96. The fourth-order valence-corrected chi connectivity index (χ4v) is 3.61. The molecule has 8 heteroatoms. The first kappa shape index (κ1) is 18.4. The summed E-state index contributed by atoms with van der Waals surface area (Å²) in [6, 6.07) is 14.2. The molecule has 1 heterocycles. The van der Waals surface area contributed by atoms with E-state index < -0.39 is 10.0 Å². The van der Waals surface area contributed by atoms with Crippen LogP contribution in [0.15, 0.2) is 59.8 Å². The van der Waals surface area contributed by atoms with E-state index in [2.05, 4.69) is 28.7 Å². The van der Waals surface area contributed by atoms with Gasteiger partial charge in [0.1, 0.15) is 6.33 Å². The molecule has 0 spiro atoms. The van der Waals surface area contributed by atoms with Crippen LogP contribution in [0.4, 0.5) is 5.95 Å². The molecular weight excluding hydrogens is 372 g/mol. The van der Waals surface area contributed by atoms with Crippen molar-refractivity contribution >= 4 is 27.6 Å². The number of rotatable bonds is 6. The summed E-state index contributed by atoms with van der Waals surface area (Å²) in [6.07, 6.45) is 1.47. The molecule has 0 amide bonds. The second kappa shape index (κ2) is 7.47. The van der Waals surface area contributed by atoms with Crippen molar-refractivity contribution in [3.63, 3.8) is 0 Å². The summed E-state index contributed by atoms with van der Waals surface area (Å²) in [5, 5.41) is 4.80. The Labute approximate surface area is 157 Å². The van der Waals surface area contributed by atoms with Crippen molar-refractivity contribution in [3.8, 4) is 0 Å². The molecule has 0 fully saturated rings. The number of nitrogens with zero attached hydrogens (tertiary/aromatic N) is 3. The van der Waals surface area contributed by atoms with E-state index in [0.717, 1.165) is 11.1 Å². The van der Waals surface area contributed by atoms with Crippen molar-refractivity contribution in [1.82, 2.24) is 14.8 Å². The fourth-order valence-electron chi connectivity index (χ4n) is 2.45. The van der Waals surface area contributed by atoms with E-state index in [9.17, 15) is 8.42 Å². The highest BCUT2D eigenvalue weighted by Gasteiger charge is 2.16. The molecule has 0 saturated carbocycles. The zero-order valence-electron chi connectivity index (χ0n) is 14.4. The van der Waals surface area contributed by atoms with Gasteiger partial charge in [-0.1, -0.05) is 49.7 Å². The van der Waals surface area contributed by atoms with Gasteiger partial charge >= 0.3 is 0 Å². The smallest absolute Gasteiger partial charge is 0.246 e. The minimum absolute atomic E-state index is 0.0277. The number of anilines is 1. The van der Waals surface area contributed by atoms with E-state index in [1.165, 1.54) is 6.33 Å². The molecule has 0 aliphatic rings. The van der Waals surface area contributed by atoms with Crippen LogP contribution in [0.25, 0.3) is 0 Å². The van der Waals surface area contributed by atoms with Crippen molar-refractivity contribution < 1.29 is 8.42 Å². The predicted molar refractivity (Wildman–Crippen MR) is 102 cm³/mol. The maximum Gasteiger partial charge on any atom is 0.264 e. The van der Waals surface area contributed by atoms with Gasteiger partial charge in [0, 0.05) is 5.02 Å². The van der Waals surface area contributed by atoms with Gasteiger partial charge in [-0.2, -0.15) is 4.98 Å². The van der Waals surface area contributed by atoms with Crippen molar-refractivity contribution in [1.29, 1.82) is 0 Å². The third-order valence-corrected chi connectivity index (χ3v) is 5.43. The zero-order valence-corrected chi connectivity index (χ0v) is 16.0. The van der Waals surface area contributed by atoms with Crippen LogP contribution in [0, 0.1) is 0 Å². The molecule has 26 heavy (non-hydrogen) atoms. The van der Waals surface area contributed by atoms with Gasteiger partial charge < -0.3 is 0 Å². The monoisotopic (exact) mass is 390 g/mol. The maximum atomic E-state index is 12.5. The van der Waals surface area contributed by atoms with E-state index in [-0.39, 0.29) is 10.8 Å². The Hall–Kier alpha value is -2.38. The van der Waals surface area contributed by atoms with Crippen LogP contribution in [0.5, 0.6) is 0 Å². The summed E-state index contributed by atoms with van der Waals surface area (Å²) in [7, 11) is -3.73. The maximum absolute atomic E-state index is 12.5. The molecule has 3 rings (SSSR count). The Morgan fingerprint density at radius 2 is 1.88 bits per heavy atom.